The quantitative estimate of drug-likeness (QED) is 0.762. The molecule has 4 heterocycles. The second kappa shape index (κ2) is 6.13. The number of thiophene rings is 1. The molecule has 1 saturated heterocycles. The average molecular weight is 345 g/mol. The van der Waals surface area contributed by atoms with Crippen LogP contribution in [0.4, 0.5) is 5.13 Å². The van der Waals surface area contributed by atoms with E-state index < -0.39 is 0 Å². The molecule has 4 rings (SSSR count). The summed E-state index contributed by atoms with van der Waals surface area (Å²) in [5.41, 5.74) is 1.31. The molecule has 0 aromatic carbocycles. The molecule has 0 spiro atoms. The van der Waals surface area contributed by atoms with Crippen LogP contribution in [0.1, 0.15) is 16.9 Å². The van der Waals surface area contributed by atoms with E-state index in [0.29, 0.717) is 5.69 Å². The molecule has 3 aromatic heterocycles. The van der Waals surface area contributed by atoms with Crippen LogP contribution in [-0.2, 0) is 0 Å². The molecule has 0 radical (unpaired) electrons. The number of thiazole rings is 1. The molecular formula is C15H15N5OS2. The smallest absolute Gasteiger partial charge is 0.272 e. The Bertz CT molecular complexity index is 781. The van der Waals surface area contributed by atoms with Gasteiger partial charge < -0.3 is 10.2 Å². The Hall–Kier alpha value is -2.19. The van der Waals surface area contributed by atoms with Crippen LogP contribution in [0.15, 0.2) is 35.2 Å². The molecule has 1 aliphatic heterocycles. The summed E-state index contributed by atoms with van der Waals surface area (Å²) in [7, 11) is 0. The van der Waals surface area contributed by atoms with Crippen molar-refractivity contribution in [3.63, 3.8) is 0 Å². The van der Waals surface area contributed by atoms with Gasteiger partial charge >= 0.3 is 0 Å². The third kappa shape index (κ3) is 2.99. The molecule has 0 aliphatic carbocycles. The molecule has 23 heavy (non-hydrogen) atoms. The van der Waals surface area contributed by atoms with Gasteiger partial charge in [0.2, 0.25) is 0 Å². The number of hydrogen-bond acceptors (Lipinski definition) is 6. The molecule has 2 N–H and O–H groups in total. The Morgan fingerprint density at radius 2 is 2.35 bits per heavy atom. The zero-order valence-corrected chi connectivity index (χ0v) is 13.9. The lowest BCUT2D eigenvalue weighted by molar-refractivity contribution is 0.0935. The molecule has 1 amide bonds. The van der Waals surface area contributed by atoms with Crippen LogP contribution in [0.2, 0.25) is 0 Å². The summed E-state index contributed by atoms with van der Waals surface area (Å²) >= 11 is 3.24. The van der Waals surface area contributed by atoms with E-state index in [9.17, 15) is 4.79 Å². The van der Waals surface area contributed by atoms with Gasteiger partial charge in [-0.2, -0.15) is 5.10 Å². The van der Waals surface area contributed by atoms with Gasteiger partial charge in [0.05, 0.1) is 10.6 Å². The summed E-state index contributed by atoms with van der Waals surface area (Å²) in [4.78, 5) is 20.0. The number of carbonyl (C=O) groups is 1. The lowest BCUT2D eigenvalue weighted by Gasteiger charge is -2.15. The zero-order chi connectivity index (χ0) is 15.6. The first-order valence-corrected chi connectivity index (χ1v) is 9.10. The van der Waals surface area contributed by atoms with Crippen molar-refractivity contribution in [1.29, 1.82) is 0 Å². The predicted molar refractivity (Wildman–Crippen MR) is 92.1 cm³/mol. The zero-order valence-electron chi connectivity index (χ0n) is 12.2. The Balaban J connectivity index is 1.39. The molecular weight excluding hydrogens is 330 g/mol. The van der Waals surface area contributed by atoms with Crippen LogP contribution in [-0.4, -0.2) is 40.2 Å². The second-order valence-corrected chi connectivity index (χ2v) is 7.18. The van der Waals surface area contributed by atoms with E-state index in [4.69, 9.17) is 0 Å². The highest BCUT2D eigenvalue weighted by molar-refractivity contribution is 7.13. The Kier molecular flexibility index (Phi) is 3.84. The van der Waals surface area contributed by atoms with Crippen molar-refractivity contribution in [2.45, 2.75) is 12.5 Å². The van der Waals surface area contributed by atoms with Crippen molar-refractivity contribution in [3.05, 3.63) is 40.8 Å². The van der Waals surface area contributed by atoms with Crippen LogP contribution >= 0.6 is 22.7 Å². The lowest BCUT2D eigenvalue weighted by Crippen LogP contribution is -2.37. The first kappa shape index (κ1) is 14.4. The van der Waals surface area contributed by atoms with Gasteiger partial charge in [0, 0.05) is 30.7 Å². The third-order valence-electron chi connectivity index (χ3n) is 3.81. The minimum atomic E-state index is -0.130. The second-order valence-electron chi connectivity index (χ2n) is 5.36. The third-order valence-corrected chi connectivity index (χ3v) is 5.55. The Morgan fingerprint density at radius 1 is 1.39 bits per heavy atom. The van der Waals surface area contributed by atoms with Gasteiger partial charge in [-0.25, -0.2) is 4.98 Å². The van der Waals surface area contributed by atoms with Crippen molar-refractivity contribution in [3.8, 4) is 10.6 Å². The van der Waals surface area contributed by atoms with E-state index in [2.05, 4.69) is 25.4 Å². The summed E-state index contributed by atoms with van der Waals surface area (Å²) in [6.07, 6.45) is 2.73. The molecule has 118 valence electrons. The number of nitrogens with one attached hydrogen (secondary N) is 2. The SMILES string of the molecule is O=C(NC1CCN(c2nccs2)C1)c1cc(-c2cccs2)[nH]n1. The fourth-order valence-electron chi connectivity index (χ4n) is 2.68. The van der Waals surface area contributed by atoms with E-state index in [-0.39, 0.29) is 11.9 Å². The molecule has 1 atom stereocenters. The van der Waals surface area contributed by atoms with Crippen molar-refractivity contribution in [1.82, 2.24) is 20.5 Å². The van der Waals surface area contributed by atoms with E-state index in [0.717, 1.165) is 35.2 Å². The number of aromatic amines is 1. The van der Waals surface area contributed by atoms with Crippen molar-refractivity contribution in [2.75, 3.05) is 18.0 Å². The van der Waals surface area contributed by atoms with Gasteiger partial charge in [0.15, 0.2) is 10.8 Å². The highest BCUT2D eigenvalue weighted by atomic mass is 32.1. The first-order chi connectivity index (χ1) is 11.3. The molecule has 8 heteroatoms. The maximum atomic E-state index is 12.4. The fourth-order valence-corrected chi connectivity index (χ4v) is 4.05. The maximum absolute atomic E-state index is 12.4. The number of anilines is 1. The molecule has 1 aliphatic rings. The highest BCUT2D eigenvalue weighted by Crippen LogP contribution is 2.24. The summed E-state index contributed by atoms with van der Waals surface area (Å²) in [5, 5.41) is 15.1. The van der Waals surface area contributed by atoms with E-state index in [1.807, 2.05) is 29.1 Å². The highest BCUT2D eigenvalue weighted by Gasteiger charge is 2.26. The van der Waals surface area contributed by atoms with Gasteiger partial charge in [0.1, 0.15) is 0 Å². The Morgan fingerprint density at radius 3 is 3.13 bits per heavy atom. The van der Waals surface area contributed by atoms with Crippen molar-refractivity contribution in [2.24, 2.45) is 0 Å². The molecule has 3 aromatic rings. The average Bonchev–Trinajstić information content (AvgIpc) is 3.30. The van der Waals surface area contributed by atoms with Crippen molar-refractivity contribution >= 4 is 33.7 Å². The Labute approximate surface area is 141 Å². The monoisotopic (exact) mass is 345 g/mol. The van der Waals surface area contributed by atoms with Crippen LogP contribution in [0.5, 0.6) is 0 Å². The van der Waals surface area contributed by atoms with Crippen molar-refractivity contribution < 1.29 is 4.79 Å². The van der Waals surface area contributed by atoms with Gasteiger partial charge in [-0.15, -0.1) is 22.7 Å². The minimum Gasteiger partial charge on any atom is -0.346 e. The molecule has 0 bridgehead atoms. The number of rotatable bonds is 4. The number of amides is 1. The van der Waals surface area contributed by atoms with Gasteiger partial charge in [-0.1, -0.05) is 6.07 Å². The van der Waals surface area contributed by atoms with E-state index >= 15 is 0 Å². The number of hydrogen-bond donors (Lipinski definition) is 2. The number of nitrogens with zero attached hydrogens (tertiary/aromatic N) is 3. The van der Waals surface area contributed by atoms with Crippen LogP contribution in [0, 0.1) is 0 Å². The summed E-state index contributed by atoms with van der Waals surface area (Å²) < 4.78 is 0. The largest absolute Gasteiger partial charge is 0.346 e. The number of carbonyl (C=O) groups excluding carboxylic acids is 1. The summed E-state index contributed by atoms with van der Waals surface area (Å²) in [5.74, 6) is -0.130. The predicted octanol–water partition coefficient (Wildman–Crippen LogP) is 2.60. The number of aromatic nitrogens is 3. The molecule has 1 unspecified atom stereocenters. The van der Waals surface area contributed by atoms with Gasteiger partial charge in [-0.3, -0.25) is 9.89 Å². The van der Waals surface area contributed by atoms with Gasteiger partial charge in [0.25, 0.3) is 5.91 Å². The first-order valence-electron chi connectivity index (χ1n) is 7.34. The van der Waals surface area contributed by atoms with Crippen LogP contribution in [0.3, 0.4) is 0 Å². The fraction of sp³-hybridized carbons (Fsp3) is 0.267. The number of H-pyrrole nitrogens is 1. The van der Waals surface area contributed by atoms with E-state index in [1.165, 1.54) is 0 Å². The summed E-state index contributed by atoms with van der Waals surface area (Å²) in [6.45, 7) is 1.71. The summed E-state index contributed by atoms with van der Waals surface area (Å²) in [6, 6.07) is 5.91. The van der Waals surface area contributed by atoms with Crippen LogP contribution < -0.4 is 10.2 Å². The topological polar surface area (TPSA) is 73.9 Å². The standard InChI is InChI=1S/C15H15N5OS2/c21-14(12-8-11(18-19-12)13-2-1-6-22-13)17-10-3-5-20(9-10)15-16-4-7-23-15/h1-2,4,6-8,10H,3,5,9H2,(H,17,21)(H,18,19). The normalized spacial score (nSPS) is 17.6. The van der Waals surface area contributed by atoms with Gasteiger partial charge in [-0.05, 0) is 23.9 Å². The molecule has 1 fully saturated rings. The molecule has 0 saturated carbocycles. The van der Waals surface area contributed by atoms with E-state index in [1.54, 1.807) is 28.7 Å². The molecule has 6 nitrogen and oxygen atoms in total. The lowest BCUT2D eigenvalue weighted by atomic mass is 10.2. The van der Waals surface area contributed by atoms with Crippen LogP contribution in [0.25, 0.3) is 10.6 Å². The maximum Gasteiger partial charge on any atom is 0.272 e. The minimum absolute atomic E-state index is 0.130.